The Labute approximate surface area is 131 Å². The average molecular weight is 302 g/mol. The van der Waals surface area contributed by atoms with Gasteiger partial charge < -0.3 is 18.9 Å². The highest BCUT2D eigenvalue weighted by Crippen LogP contribution is 2.43. The van der Waals surface area contributed by atoms with E-state index in [-0.39, 0.29) is 23.9 Å². The summed E-state index contributed by atoms with van der Waals surface area (Å²) in [5.74, 6) is 0. The van der Waals surface area contributed by atoms with Crippen molar-refractivity contribution in [1.82, 2.24) is 0 Å². The summed E-state index contributed by atoms with van der Waals surface area (Å²) in [4.78, 5) is 0. The van der Waals surface area contributed by atoms with Crippen LogP contribution >= 0.6 is 0 Å². The van der Waals surface area contributed by atoms with Gasteiger partial charge in [-0.25, -0.2) is 0 Å². The second-order valence-electron chi connectivity index (χ2n) is 6.37. The van der Waals surface area contributed by atoms with Gasteiger partial charge in [0.05, 0.1) is 44.2 Å². The van der Waals surface area contributed by atoms with E-state index in [2.05, 4.69) is 24.8 Å². The quantitative estimate of drug-likeness (QED) is 0.658. The normalized spacial score (nSPS) is 31.4. The minimum atomic E-state index is -0.376. The molecule has 0 aliphatic carbocycles. The zero-order valence-electron chi connectivity index (χ0n) is 12.7. The van der Waals surface area contributed by atoms with E-state index in [1.807, 2.05) is 12.1 Å². The number of ether oxygens (including phenoxy) is 4. The molecule has 3 saturated heterocycles. The molecule has 3 unspecified atom stereocenters. The Bertz CT molecular complexity index is 530. The van der Waals surface area contributed by atoms with E-state index < -0.39 is 0 Å². The number of epoxide rings is 3. The van der Waals surface area contributed by atoms with Crippen LogP contribution < -0.4 is 0 Å². The minimum absolute atomic E-state index is 0.246. The van der Waals surface area contributed by atoms with Gasteiger partial charge in [0.1, 0.15) is 6.10 Å². The molecule has 3 heterocycles. The van der Waals surface area contributed by atoms with Crippen LogP contribution in [0.2, 0.25) is 0 Å². The topological polar surface area (TPSA) is 46.8 Å². The molecule has 1 aromatic rings. The van der Waals surface area contributed by atoms with Gasteiger partial charge >= 0.3 is 0 Å². The first-order valence-corrected chi connectivity index (χ1v) is 8.00. The van der Waals surface area contributed by atoms with Gasteiger partial charge in [0.2, 0.25) is 0 Å². The molecule has 4 heteroatoms. The fraction of sp³-hybridized carbons (Fsp3) is 0.556. The highest BCUT2D eigenvalue weighted by atomic mass is 16.6. The molecular formula is C18H22O4. The molecule has 0 spiro atoms. The summed E-state index contributed by atoms with van der Waals surface area (Å²) in [5.41, 5.74) is 1.94. The van der Waals surface area contributed by atoms with Gasteiger partial charge in [-0.2, -0.15) is 0 Å². The molecule has 118 valence electrons. The highest BCUT2D eigenvalue weighted by molar-refractivity contribution is 5.54. The maximum atomic E-state index is 6.45. The average Bonchev–Trinajstić information content (AvgIpc) is 3.36. The van der Waals surface area contributed by atoms with Crippen LogP contribution in [0.5, 0.6) is 0 Å². The van der Waals surface area contributed by atoms with Crippen LogP contribution in [0.1, 0.15) is 24.0 Å². The van der Waals surface area contributed by atoms with Crippen molar-refractivity contribution in [2.45, 2.75) is 36.8 Å². The molecule has 0 amide bonds. The molecule has 0 aromatic heterocycles. The fourth-order valence-corrected chi connectivity index (χ4v) is 3.11. The molecule has 4 rings (SSSR count). The Hall–Kier alpha value is -1.20. The maximum absolute atomic E-state index is 6.45. The van der Waals surface area contributed by atoms with Crippen molar-refractivity contribution >= 4 is 6.08 Å². The van der Waals surface area contributed by atoms with Gasteiger partial charge in [-0.3, -0.25) is 0 Å². The predicted molar refractivity (Wildman–Crippen MR) is 82.6 cm³/mol. The smallest absolute Gasteiger partial charge is 0.104 e. The predicted octanol–water partition coefficient (Wildman–Crippen LogP) is 2.52. The molecule has 0 radical (unpaired) electrons. The Morgan fingerprint density at radius 1 is 1.05 bits per heavy atom. The van der Waals surface area contributed by atoms with Crippen molar-refractivity contribution < 1.29 is 18.9 Å². The van der Waals surface area contributed by atoms with Crippen LogP contribution in [0.4, 0.5) is 0 Å². The summed E-state index contributed by atoms with van der Waals surface area (Å²) >= 11 is 0. The number of rotatable bonds is 9. The lowest BCUT2D eigenvalue weighted by atomic mass is 9.82. The van der Waals surface area contributed by atoms with Crippen LogP contribution in [0.15, 0.2) is 30.8 Å². The van der Waals surface area contributed by atoms with Crippen molar-refractivity contribution in [3.63, 3.8) is 0 Å². The highest BCUT2D eigenvalue weighted by Gasteiger charge is 2.46. The van der Waals surface area contributed by atoms with Crippen molar-refractivity contribution in [3.05, 3.63) is 42.0 Å². The van der Waals surface area contributed by atoms with Crippen molar-refractivity contribution in [1.29, 1.82) is 0 Å². The molecule has 22 heavy (non-hydrogen) atoms. The lowest BCUT2D eigenvalue weighted by molar-refractivity contribution is -0.0763. The van der Waals surface area contributed by atoms with E-state index in [1.165, 1.54) is 5.56 Å². The Kier molecular flexibility index (Phi) is 3.78. The summed E-state index contributed by atoms with van der Waals surface area (Å²) in [5, 5.41) is 0. The number of benzene rings is 1. The second kappa shape index (κ2) is 5.78. The molecule has 3 aliphatic rings. The van der Waals surface area contributed by atoms with Gasteiger partial charge in [0, 0.05) is 12.8 Å². The monoisotopic (exact) mass is 302 g/mol. The molecule has 4 nitrogen and oxygen atoms in total. The van der Waals surface area contributed by atoms with Crippen molar-refractivity contribution in [3.8, 4) is 0 Å². The Morgan fingerprint density at radius 3 is 2.18 bits per heavy atom. The second-order valence-corrected chi connectivity index (χ2v) is 6.37. The first kappa shape index (κ1) is 14.4. The standard InChI is InChI=1S/C18H22O4/c1-2-13-5-3-4-6-17(13)18(7-14-9-19-14,8-15-10-20-15)22-12-16-11-21-16/h2-6,14-16H,1,7-12H2. The third kappa shape index (κ3) is 3.25. The third-order valence-electron chi connectivity index (χ3n) is 4.54. The lowest BCUT2D eigenvalue weighted by Crippen LogP contribution is -2.35. The summed E-state index contributed by atoms with van der Waals surface area (Å²) in [6.45, 7) is 7.05. The van der Waals surface area contributed by atoms with E-state index >= 15 is 0 Å². The molecule has 3 aliphatic heterocycles. The van der Waals surface area contributed by atoms with Crippen molar-refractivity contribution in [2.75, 3.05) is 26.4 Å². The van der Waals surface area contributed by atoms with Gasteiger partial charge in [-0.05, 0) is 11.1 Å². The van der Waals surface area contributed by atoms with Crippen molar-refractivity contribution in [2.24, 2.45) is 0 Å². The summed E-state index contributed by atoms with van der Waals surface area (Å²) in [7, 11) is 0. The van der Waals surface area contributed by atoms with E-state index in [4.69, 9.17) is 18.9 Å². The van der Waals surface area contributed by atoms with E-state index in [1.54, 1.807) is 0 Å². The van der Waals surface area contributed by atoms with E-state index in [9.17, 15) is 0 Å². The van der Waals surface area contributed by atoms with Gasteiger partial charge in [-0.15, -0.1) is 0 Å². The zero-order chi connectivity index (χ0) is 15.0. The Balaban J connectivity index is 1.67. The summed E-state index contributed by atoms with van der Waals surface area (Å²) < 4.78 is 22.8. The summed E-state index contributed by atoms with van der Waals surface area (Å²) in [6.07, 6.45) is 4.46. The van der Waals surface area contributed by atoms with Gasteiger partial charge in [-0.1, -0.05) is 36.9 Å². The van der Waals surface area contributed by atoms with E-state index in [0.717, 1.165) is 38.2 Å². The lowest BCUT2D eigenvalue weighted by Gasteiger charge is -2.35. The summed E-state index contributed by atoms with van der Waals surface area (Å²) in [6, 6.07) is 8.34. The molecule has 0 N–H and O–H groups in total. The maximum Gasteiger partial charge on any atom is 0.104 e. The number of hydrogen-bond donors (Lipinski definition) is 0. The van der Waals surface area contributed by atoms with Crippen LogP contribution in [-0.2, 0) is 24.5 Å². The minimum Gasteiger partial charge on any atom is -0.373 e. The van der Waals surface area contributed by atoms with Gasteiger partial charge in [0.25, 0.3) is 0 Å². The molecule has 0 saturated carbocycles. The molecule has 0 bridgehead atoms. The third-order valence-corrected chi connectivity index (χ3v) is 4.54. The van der Waals surface area contributed by atoms with E-state index in [0.29, 0.717) is 6.61 Å². The zero-order valence-corrected chi connectivity index (χ0v) is 12.7. The molecule has 3 fully saturated rings. The SMILES string of the molecule is C=Cc1ccccc1C(CC1CO1)(CC1CO1)OCC1CO1. The van der Waals surface area contributed by atoms with Crippen LogP contribution in [0.3, 0.4) is 0 Å². The van der Waals surface area contributed by atoms with Crippen LogP contribution in [0.25, 0.3) is 6.08 Å². The molecule has 1 aromatic carbocycles. The number of hydrogen-bond acceptors (Lipinski definition) is 4. The van der Waals surface area contributed by atoms with Crippen LogP contribution in [0, 0.1) is 0 Å². The van der Waals surface area contributed by atoms with Gasteiger partial charge in [0.15, 0.2) is 0 Å². The Morgan fingerprint density at radius 2 is 1.64 bits per heavy atom. The molecular weight excluding hydrogens is 280 g/mol. The molecule has 3 atom stereocenters. The fourth-order valence-electron chi connectivity index (χ4n) is 3.11. The largest absolute Gasteiger partial charge is 0.373 e. The van der Waals surface area contributed by atoms with Crippen LogP contribution in [-0.4, -0.2) is 44.7 Å². The first-order chi connectivity index (χ1) is 10.8. The first-order valence-electron chi connectivity index (χ1n) is 8.00.